The Labute approximate surface area is 102 Å². The Balaban J connectivity index is 2.51. The molecule has 3 nitrogen and oxygen atoms in total. The SMILES string of the molecule is C=C(C=Nc1cccc(F)c1)OO[Si](C)(C)C. The fraction of sp³-hybridized carbons (Fsp3) is 0.250. The topological polar surface area (TPSA) is 30.8 Å². The van der Waals surface area contributed by atoms with Crippen LogP contribution in [0.25, 0.3) is 0 Å². The van der Waals surface area contributed by atoms with Crippen molar-refractivity contribution in [3.05, 3.63) is 42.4 Å². The maximum Gasteiger partial charge on any atom is 0.245 e. The number of allylic oxidation sites excluding steroid dienone is 1. The Morgan fingerprint density at radius 2 is 2.12 bits per heavy atom. The van der Waals surface area contributed by atoms with Crippen LogP contribution >= 0.6 is 0 Å². The molecule has 0 saturated carbocycles. The number of halogens is 1. The quantitative estimate of drug-likeness (QED) is 0.262. The van der Waals surface area contributed by atoms with Gasteiger partial charge in [-0.1, -0.05) is 12.6 Å². The molecule has 1 aromatic rings. The molecule has 0 amide bonds. The van der Waals surface area contributed by atoms with Gasteiger partial charge in [0, 0.05) is 0 Å². The van der Waals surface area contributed by atoms with Gasteiger partial charge in [-0.25, -0.2) is 8.97 Å². The van der Waals surface area contributed by atoms with E-state index in [2.05, 4.69) is 11.6 Å². The molecule has 0 radical (unpaired) electrons. The molecule has 5 heteroatoms. The minimum Gasteiger partial charge on any atom is -0.348 e. The summed E-state index contributed by atoms with van der Waals surface area (Å²) < 4.78 is 18.0. The van der Waals surface area contributed by atoms with Gasteiger partial charge in [0.2, 0.25) is 8.32 Å². The summed E-state index contributed by atoms with van der Waals surface area (Å²) in [6, 6.07) is 5.96. The summed E-state index contributed by atoms with van der Waals surface area (Å²) in [6.45, 7) is 9.60. The molecule has 0 atom stereocenters. The van der Waals surface area contributed by atoms with Gasteiger partial charge in [-0.05, 0) is 37.8 Å². The number of hydrogen-bond acceptors (Lipinski definition) is 3. The van der Waals surface area contributed by atoms with Crippen molar-refractivity contribution in [2.75, 3.05) is 0 Å². The van der Waals surface area contributed by atoms with E-state index in [0.29, 0.717) is 5.69 Å². The van der Waals surface area contributed by atoms with E-state index in [-0.39, 0.29) is 11.6 Å². The van der Waals surface area contributed by atoms with Crippen LogP contribution in [0.2, 0.25) is 19.6 Å². The molecule has 0 aliphatic carbocycles. The molecule has 0 N–H and O–H groups in total. The molecule has 0 aromatic heterocycles. The van der Waals surface area contributed by atoms with Crippen LogP contribution in [0.4, 0.5) is 10.1 Å². The molecule has 0 saturated heterocycles. The molecule has 0 aliphatic rings. The summed E-state index contributed by atoms with van der Waals surface area (Å²) in [5.74, 6) is -0.0405. The van der Waals surface area contributed by atoms with Crippen molar-refractivity contribution in [3.8, 4) is 0 Å². The van der Waals surface area contributed by atoms with E-state index < -0.39 is 8.32 Å². The Morgan fingerprint density at radius 3 is 2.71 bits per heavy atom. The van der Waals surface area contributed by atoms with E-state index in [9.17, 15) is 4.39 Å². The lowest BCUT2D eigenvalue weighted by molar-refractivity contribution is -0.168. The molecule has 0 heterocycles. The lowest BCUT2D eigenvalue weighted by Crippen LogP contribution is -2.25. The molecular formula is C12H16FNO2Si. The zero-order chi connectivity index (χ0) is 12.9. The normalized spacial score (nSPS) is 11.8. The van der Waals surface area contributed by atoms with E-state index in [1.54, 1.807) is 12.1 Å². The van der Waals surface area contributed by atoms with Crippen molar-refractivity contribution in [2.45, 2.75) is 19.6 Å². The third-order valence-electron chi connectivity index (χ3n) is 1.56. The van der Waals surface area contributed by atoms with Gasteiger partial charge in [0.1, 0.15) is 5.82 Å². The molecule has 1 rings (SSSR count). The van der Waals surface area contributed by atoms with Crippen LogP contribution in [-0.2, 0) is 9.46 Å². The summed E-state index contributed by atoms with van der Waals surface area (Å²) >= 11 is 0. The average molecular weight is 253 g/mol. The van der Waals surface area contributed by atoms with Crippen LogP contribution in [0, 0.1) is 5.82 Å². The van der Waals surface area contributed by atoms with Gasteiger partial charge in [0.15, 0.2) is 5.76 Å². The highest BCUT2D eigenvalue weighted by Crippen LogP contribution is 2.13. The first-order valence-electron chi connectivity index (χ1n) is 5.21. The minimum atomic E-state index is -1.74. The zero-order valence-corrected chi connectivity index (χ0v) is 11.2. The predicted molar refractivity (Wildman–Crippen MR) is 69.2 cm³/mol. The van der Waals surface area contributed by atoms with Gasteiger partial charge in [-0.15, -0.1) is 0 Å². The van der Waals surface area contributed by atoms with Crippen molar-refractivity contribution in [1.29, 1.82) is 0 Å². The minimum absolute atomic E-state index is 0.289. The van der Waals surface area contributed by atoms with E-state index in [4.69, 9.17) is 9.46 Å². The lowest BCUT2D eigenvalue weighted by Gasteiger charge is -2.15. The Hall–Kier alpha value is -1.46. The van der Waals surface area contributed by atoms with Gasteiger partial charge < -0.3 is 4.89 Å². The van der Waals surface area contributed by atoms with E-state index in [1.807, 2.05) is 19.6 Å². The van der Waals surface area contributed by atoms with Crippen molar-refractivity contribution in [1.82, 2.24) is 0 Å². The molecule has 0 aliphatic heterocycles. The first kappa shape index (κ1) is 13.6. The lowest BCUT2D eigenvalue weighted by atomic mass is 10.3. The predicted octanol–water partition coefficient (Wildman–Crippen LogP) is 3.82. The van der Waals surface area contributed by atoms with Crippen LogP contribution in [0.5, 0.6) is 0 Å². The van der Waals surface area contributed by atoms with E-state index >= 15 is 0 Å². The maximum absolute atomic E-state index is 12.8. The van der Waals surface area contributed by atoms with Crippen LogP contribution in [-0.4, -0.2) is 14.5 Å². The largest absolute Gasteiger partial charge is 0.348 e. The highest BCUT2D eigenvalue weighted by atomic mass is 28.4. The van der Waals surface area contributed by atoms with Crippen molar-refractivity contribution < 1.29 is 13.9 Å². The second kappa shape index (κ2) is 5.74. The van der Waals surface area contributed by atoms with Crippen LogP contribution in [0.1, 0.15) is 0 Å². The Morgan fingerprint density at radius 1 is 1.41 bits per heavy atom. The molecule has 92 valence electrons. The van der Waals surface area contributed by atoms with Gasteiger partial charge in [-0.3, -0.25) is 4.99 Å². The van der Waals surface area contributed by atoms with Crippen molar-refractivity contribution in [2.24, 2.45) is 4.99 Å². The second-order valence-electron chi connectivity index (χ2n) is 4.48. The number of nitrogens with zero attached hydrogens (tertiary/aromatic N) is 1. The van der Waals surface area contributed by atoms with E-state index in [1.165, 1.54) is 18.3 Å². The van der Waals surface area contributed by atoms with Gasteiger partial charge in [0.05, 0.1) is 11.9 Å². The van der Waals surface area contributed by atoms with Crippen LogP contribution < -0.4 is 0 Å². The third-order valence-corrected chi connectivity index (χ3v) is 2.15. The molecule has 0 spiro atoms. The smallest absolute Gasteiger partial charge is 0.245 e. The maximum atomic E-state index is 12.8. The fourth-order valence-electron chi connectivity index (χ4n) is 0.903. The first-order chi connectivity index (χ1) is 7.87. The van der Waals surface area contributed by atoms with Crippen molar-refractivity contribution >= 4 is 20.2 Å². The average Bonchev–Trinajstić information content (AvgIpc) is 2.23. The third kappa shape index (κ3) is 5.99. The fourth-order valence-corrected chi connectivity index (χ4v) is 1.26. The van der Waals surface area contributed by atoms with Crippen LogP contribution in [0.3, 0.4) is 0 Å². The highest BCUT2D eigenvalue weighted by molar-refractivity contribution is 6.69. The molecule has 0 fully saturated rings. The summed E-state index contributed by atoms with van der Waals surface area (Å²) in [5.41, 5.74) is 0.503. The molecule has 0 bridgehead atoms. The summed E-state index contributed by atoms with van der Waals surface area (Å²) in [7, 11) is -1.74. The molecular weight excluding hydrogens is 237 g/mol. The standard InChI is InChI=1S/C12H16FNO2Si/c1-10(15-16-17(2,3)4)9-14-12-7-5-6-11(13)8-12/h5-9H,1H2,2-4H3. The van der Waals surface area contributed by atoms with Gasteiger partial charge >= 0.3 is 0 Å². The summed E-state index contributed by atoms with van der Waals surface area (Å²) in [5, 5.41) is 0. The molecule has 0 unspecified atom stereocenters. The first-order valence-corrected chi connectivity index (χ1v) is 8.62. The summed E-state index contributed by atoms with van der Waals surface area (Å²) in [4.78, 5) is 9.00. The van der Waals surface area contributed by atoms with Crippen molar-refractivity contribution in [3.63, 3.8) is 0 Å². The number of rotatable bonds is 5. The Bertz CT molecular complexity index is 427. The number of aliphatic imine (C=N–C) groups is 1. The summed E-state index contributed by atoms with van der Waals surface area (Å²) in [6.07, 6.45) is 1.40. The highest BCUT2D eigenvalue weighted by Gasteiger charge is 2.17. The van der Waals surface area contributed by atoms with Gasteiger partial charge in [0.25, 0.3) is 0 Å². The Kier molecular flexibility index (Phi) is 4.59. The zero-order valence-electron chi connectivity index (χ0n) is 10.2. The number of hydrogen-bond donors (Lipinski definition) is 0. The van der Waals surface area contributed by atoms with Crippen LogP contribution in [0.15, 0.2) is 41.6 Å². The monoisotopic (exact) mass is 253 g/mol. The van der Waals surface area contributed by atoms with E-state index in [0.717, 1.165) is 0 Å². The molecule has 1 aromatic carbocycles. The number of benzene rings is 1. The van der Waals surface area contributed by atoms with Gasteiger partial charge in [-0.2, -0.15) is 0 Å². The molecule has 17 heavy (non-hydrogen) atoms. The second-order valence-corrected chi connectivity index (χ2v) is 8.87.